The smallest absolute Gasteiger partial charge is 0.329 e. The van der Waals surface area contributed by atoms with E-state index in [0.29, 0.717) is 0 Å². The largest absolute Gasteiger partial charge is 0.458 e. The SMILES string of the molecule is CC(C)[C@@H](NC(=O)C1CCCCC1)C(=O)OC(C)(C)C. The fourth-order valence-corrected chi connectivity index (χ4v) is 2.50. The first kappa shape index (κ1) is 17.0. The molecule has 1 aliphatic rings. The second-order valence-electron chi connectivity index (χ2n) is 7.10. The molecule has 1 rings (SSSR count). The van der Waals surface area contributed by atoms with Crippen molar-refractivity contribution in [3.63, 3.8) is 0 Å². The van der Waals surface area contributed by atoms with Gasteiger partial charge in [-0.25, -0.2) is 4.79 Å². The highest BCUT2D eigenvalue weighted by Gasteiger charge is 2.31. The summed E-state index contributed by atoms with van der Waals surface area (Å²) in [6, 6.07) is -0.552. The van der Waals surface area contributed by atoms with Crippen LogP contribution in [-0.4, -0.2) is 23.5 Å². The van der Waals surface area contributed by atoms with Gasteiger partial charge in [-0.2, -0.15) is 0 Å². The Morgan fingerprint density at radius 3 is 2.10 bits per heavy atom. The molecule has 0 aromatic rings. The first-order chi connectivity index (χ1) is 9.20. The molecule has 1 fully saturated rings. The van der Waals surface area contributed by atoms with Crippen LogP contribution >= 0.6 is 0 Å². The predicted molar refractivity (Wildman–Crippen MR) is 79.2 cm³/mol. The van der Waals surface area contributed by atoms with Crippen LogP contribution in [0, 0.1) is 11.8 Å². The van der Waals surface area contributed by atoms with E-state index in [0.717, 1.165) is 25.7 Å². The maximum atomic E-state index is 12.3. The molecule has 4 nitrogen and oxygen atoms in total. The monoisotopic (exact) mass is 283 g/mol. The Morgan fingerprint density at radius 2 is 1.65 bits per heavy atom. The zero-order valence-corrected chi connectivity index (χ0v) is 13.5. The van der Waals surface area contributed by atoms with Gasteiger partial charge in [0.05, 0.1) is 0 Å². The second-order valence-corrected chi connectivity index (χ2v) is 7.10. The highest BCUT2D eigenvalue weighted by Crippen LogP contribution is 2.24. The zero-order chi connectivity index (χ0) is 15.3. The lowest BCUT2D eigenvalue weighted by molar-refractivity contribution is -0.160. The fourth-order valence-electron chi connectivity index (χ4n) is 2.50. The van der Waals surface area contributed by atoms with Gasteiger partial charge in [0, 0.05) is 5.92 Å². The van der Waals surface area contributed by atoms with Crippen LogP contribution < -0.4 is 5.32 Å². The Morgan fingerprint density at radius 1 is 1.10 bits per heavy atom. The average molecular weight is 283 g/mol. The minimum Gasteiger partial charge on any atom is -0.458 e. The van der Waals surface area contributed by atoms with Gasteiger partial charge in [0.15, 0.2) is 0 Å². The third-order valence-corrected chi connectivity index (χ3v) is 3.60. The molecule has 0 radical (unpaired) electrons. The van der Waals surface area contributed by atoms with E-state index >= 15 is 0 Å². The maximum absolute atomic E-state index is 12.3. The molecule has 116 valence electrons. The van der Waals surface area contributed by atoms with Crippen molar-refractivity contribution < 1.29 is 14.3 Å². The van der Waals surface area contributed by atoms with Crippen molar-refractivity contribution in [1.29, 1.82) is 0 Å². The van der Waals surface area contributed by atoms with E-state index in [2.05, 4.69) is 5.32 Å². The van der Waals surface area contributed by atoms with Crippen molar-refractivity contribution in [2.45, 2.75) is 78.4 Å². The first-order valence-corrected chi connectivity index (χ1v) is 7.74. The number of carbonyl (C=O) groups excluding carboxylic acids is 2. The summed E-state index contributed by atoms with van der Waals surface area (Å²) in [6.07, 6.45) is 5.30. The Hall–Kier alpha value is -1.06. The molecule has 0 heterocycles. The van der Waals surface area contributed by atoms with E-state index in [4.69, 9.17) is 4.74 Å². The summed E-state index contributed by atoms with van der Waals surface area (Å²) in [5, 5.41) is 2.90. The van der Waals surface area contributed by atoms with Crippen LogP contribution in [-0.2, 0) is 14.3 Å². The Bertz CT molecular complexity index is 338. The molecule has 1 saturated carbocycles. The van der Waals surface area contributed by atoms with Gasteiger partial charge < -0.3 is 10.1 Å². The van der Waals surface area contributed by atoms with Crippen molar-refractivity contribution >= 4 is 11.9 Å². The van der Waals surface area contributed by atoms with E-state index in [-0.39, 0.29) is 23.7 Å². The molecule has 1 atom stereocenters. The van der Waals surface area contributed by atoms with E-state index in [1.54, 1.807) is 0 Å². The fraction of sp³-hybridized carbons (Fsp3) is 0.875. The van der Waals surface area contributed by atoms with Crippen molar-refractivity contribution in [1.82, 2.24) is 5.32 Å². The number of rotatable bonds is 4. The number of nitrogens with one attached hydrogen (secondary N) is 1. The molecule has 0 bridgehead atoms. The van der Waals surface area contributed by atoms with Crippen LogP contribution in [0.1, 0.15) is 66.7 Å². The molecule has 1 amide bonds. The van der Waals surface area contributed by atoms with Crippen molar-refractivity contribution in [3.8, 4) is 0 Å². The van der Waals surface area contributed by atoms with Gasteiger partial charge in [-0.1, -0.05) is 33.1 Å². The summed E-state index contributed by atoms with van der Waals surface area (Å²) < 4.78 is 5.40. The number of hydrogen-bond donors (Lipinski definition) is 1. The van der Waals surface area contributed by atoms with Gasteiger partial charge >= 0.3 is 5.97 Å². The zero-order valence-electron chi connectivity index (χ0n) is 13.5. The lowest BCUT2D eigenvalue weighted by Crippen LogP contribution is -2.49. The van der Waals surface area contributed by atoms with Crippen molar-refractivity contribution in [2.24, 2.45) is 11.8 Å². The molecule has 1 N–H and O–H groups in total. The Balaban J connectivity index is 2.62. The van der Waals surface area contributed by atoms with Gasteiger partial charge in [0.1, 0.15) is 11.6 Å². The third kappa shape index (κ3) is 5.51. The van der Waals surface area contributed by atoms with Crippen LogP contribution in [0.4, 0.5) is 0 Å². The molecule has 1 aliphatic carbocycles. The van der Waals surface area contributed by atoms with Crippen LogP contribution in [0.3, 0.4) is 0 Å². The summed E-state index contributed by atoms with van der Waals surface area (Å²) in [7, 11) is 0. The molecule has 0 unspecified atom stereocenters. The number of ether oxygens (including phenoxy) is 1. The summed E-state index contributed by atoms with van der Waals surface area (Å²) in [4.78, 5) is 24.4. The molecule has 0 spiro atoms. The summed E-state index contributed by atoms with van der Waals surface area (Å²) in [6.45, 7) is 9.37. The van der Waals surface area contributed by atoms with E-state index in [1.807, 2.05) is 34.6 Å². The van der Waals surface area contributed by atoms with Gasteiger partial charge in [0.25, 0.3) is 0 Å². The maximum Gasteiger partial charge on any atom is 0.329 e. The van der Waals surface area contributed by atoms with Crippen molar-refractivity contribution in [3.05, 3.63) is 0 Å². The molecule has 0 aromatic carbocycles. The number of carbonyl (C=O) groups is 2. The standard InChI is InChI=1S/C16H29NO3/c1-11(2)13(15(19)20-16(3,4)5)17-14(18)12-9-7-6-8-10-12/h11-13H,6-10H2,1-5H3,(H,17,18)/t13-/m1/s1. The number of hydrogen-bond acceptors (Lipinski definition) is 3. The van der Waals surface area contributed by atoms with Gasteiger partial charge in [-0.3, -0.25) is 4.79 Å². The van der Waals surface area contributed by atoms with Crippen molar-refractivity contribution in [2.75, 3.05) is 0 Å². The third-order valence-electron chi connectivity index (χ3n) is 3.60. The molecule has 4 heteroatoms. The molecule has 0 saturated heterocycles. The Kier molecular flexibility index (Phi) is 6.03. The minimum absolute atomic E-state index is 0.00857. The molecular formula is C16H29NO3. The summed E-state index contributed by atoms with van der Waals surface area (Å²) in [5.41, 5.74) is -0.528. The van der Waals surface area contributed by atoms with Crippen LogP contribution in [0.25, 0.3) is 0 Å². The minimum atomic E-state index is -0.552. The summed E-state index contributed by atoms with van der Waals surface area (Å²) in [5.74, 6) is -0.240. The highest BCUT2D eigenvalue weighted by molar-refractivity contribution is 5.86. The van der Waals surface area contributed by atoms with E-state index < -0.39 is 11.6 Å². The normalized spacial score (nSPS) is 18.7. The second kappa shape index (κ2) is 7.09. The van der Waals surface area contributed by atoms with Crippen LogP contribution in [0.2, 0.25) is 0 Å². The molecule has 0 aliphatic heterocycles. The van der Waals surface area contributed by atoms with Crippen LogP contribution in [0.5, 0.6) is 0 Å². The van der Waals surface area contributed by atoms with E-state index in [9.17, 15) is 9.59 Å². The summed E-state index contributed by atoms with van der Waals surface area (Å²) >= 11 is 0. The molecule has 20 heavy (non-hydrogen) atoms. The lowest BCUT2D eigenvalue weighted by atomic mass is 9.88. The van der Waals surface area contributed by atoms with Gasteiger partial charge in [-0.15, -0.1) is 0 Å². The number of amides is 1. The molecule has 0 aromatic heterocycles. The highest BCUT2D eigenvalue weighted by atomic mass is 16.6. The lowest BCUT2D eigenvalue weighted by Gasteiger charge is -2.28. The van der Waals surface area contributed by atoms with Gasteiger partial charge in [-0.05, 0) is 39.5 Å². The topological polar surface area (TPSA) is 55.4 Å². The predicted octanol–water partition coefficient (Wildman–Crippen LogP) is 3.05. The van der Waals surface area contributed by atoms with Gasteiger partial charge in [0.2, 0.25) is 5.91 Å². The average Bonchev–Trinajstić information content (AvgIpc) is 2.34. The van der Waals surface area contributed by atoms with E-state index in [1.165, 1.54) is 6.42 Å². The molecular weight excluding hydrogens is 254 g/mol. The van der Waals surface area contributed by atoms with Crippen LogP contribution in [0.15, 0.2) is 0 Å². The quantitative estimate of drug-likeness (QED) is 0.807. The number of esters is 1. The Labute approximate surface area is 122 Å². The first-order valence-electron chi connectivity index (χ1n) is 7.74.